The van der Waals surface area contributed by atoms with Crippen molar-refractivity contribution in [3.05, 3.63) is 23.9 Å². The Morgan fingerprint density at radius 1 is 1.50 bits per heavy atom. The Morgan fingerprint density at radius 3 is 2.83 bits per heavy atom. The maximum absolute atomic E-state index is 12.5. The molecule has 0 spiro atoms. The summed E-state index contributed by atoms with van der Waals surface area (Å²) < 4.78 is 30.2. The molecule has 0 unspecified atom stereocenters. The molecule has 0 radical (unpaired) electrons. The number of sulfone groups is 1. The predicted octanol–water partition coefficient (Wildman–Crippen LogP) is 1.98. The molecule has 24 heavy (non-hydrogen) atoms. The van der Waals surface area contributed by atoms with Gasteiger partial charge >= 0.3 is 6.09 Å². The second kappa shape index (κ2) is 6.77. The van der Waals surface area contributed by atoms with Gasteiger partial charge in [-0.1, -0.05) is 0 Å². The quantitative estimate of drug-likeness (QED) is 0.825. The molecule has 8 heteroatoms. The van der Waals surface area contributed by atoms with Crippen molar-refractivity contribution in [2.24, 2.45) is 5.92 Å². The van der Waals surface area contributed by atoms with Crippen LogP contribution >= 0.6 is 0 Å². The van der Waals surface area contributed by atoms with Gasteiger partial charge in [0.1, 0.15) is 5.60 Å². The van der Waals surface area contributed by atoms with E-state index in [0.717, 1.165) is 0 Å². The zero-order chi connectivity index (χ0) is 18.0. The van der Waals surface area contributed by atoms with Crippen LogP contribution in [-0.2, 0) is 14.6 Å². The first-order chi connectivity index (χ1) is 11.1. The summed E-state index contributed by atoms with van der Waals surface area (Å²) in [5.74, 6) is -0.274. The van der Waals surface area contributed by atoms with Crippen molar-refractivity contribution in [3.63, 3.8) is 0 Å². The second-order valence-electron chi connectivity index (χ2n) is 6.86. The third kappa shape index (κ3) is 4.68. The highest BCUT2D eigenvalue weighted by atomic mass is 32.2. The Bertz CT molecular complexity index is 762. The van der Waals surface area contributed by atoms with Crippen LogP contribution in [0.4, 0.5) is 4.79 Å². The fourth-order valence-corrected chi connectivity index (χ4v) is 4.10. The van der Waals surface area contributed by atoms with Crippen LogP contribution in [0, 0.1) is 17.2 Å². The van der Waals surface area contributed by atoms with Crippen molar-refractivity contribution in [2.45, 2.75) is 37.8 Å². The first kappa shape index (κ1) is 18.2. The van der Waals surface area contributed by atoms with Crippen LogP contribution in [0.5, 0.6) is 0 Å². The summed E-state index contributed by atoms with van der Waals surface area (Å²) in [5, 5.41) is 8.77. The maximum Gasteiger partial charge on any atom is 0.410 e. The van der Waals surface area contributed by atoms with E-state index in [-0.39, 0.29) is 22.3 Å². The van der Waals surface area contributed by atoms with Crippen molar-refractivity contribution in [3.8, 4) is 6.07 Å². The second-order valence-corrected chi connectivity index (χ2v) is 8.84. The lowest BCUT2D eigenvalue weighted by Crippen LogP contribution is -2.35. The molecule has 0 N–H and O–H groups in total. The van der Waals surface area contributed by atoms with Crippen LogP contribution in [0.3, 0.4) is 0 Å². The van der Waals surface area contributed by atoms with Gasteiger partial charge in [0.15, 0.2) is 14.9 Å². The van der Waals surface area contributed by atoms with Crippen molar-refractivity contribution in [1.82, 2.24) is 9.88 Å². The van der Waals surface area contributed by atoms with Crippen LogP contribution in [-0.4, -0.2) is 48.8 Å². The van der Waals surface area contributed by atoms with Gasteiger partial charge in [0.25, 0.3) is 0 Å². The Balaban J connectivity index is 2.02. The number of pyridine rings is 1. The van der Waals surface area contributed by atoms with E-state index >= 15 is 0 Å². The molecule has 0 saturated carbocycles. The van der Waals surface area contributed by atoms with E-state index in [4.69, 9.17) is 10.00 Å². The number of ether oxygens (including phenoxy) is 1. The number of hydrogen-bond acceptors (Lipinski definition) is 6. The number of nitriles is 1. The molecule has 2 rings (SSSR count). The van der Waals surface area contributed by atoms with E-state index in [1.165, 1.54) is 23.2 Å². The lowest BCUT2D eigenvalue weighted by atomic mass is 10.2. The number of hydrogen-bond donors (Lipinski definition) is 0. The van der Waals surface area contributed by atoms with Gasteiger partial charge in [-0.25, -0.2) is 18.2 Å². The van der Waals surface area contributed by atoms with Gasteiger partial charge in [-0.05, 0) is 45.2 Å². The highest BCUT2D eigenvalue weighted by molar-refractivity contribution is 7.91. The van der Waals surface area contributed by atoms with E-state index < -0.39 is 21.5 Å². The van der Waals surface area contributed by atoms with Crippen molar-refractivity contribution in [2.75, 3.05) is 18.8 Å². The molecule has 2 heterocycles. The average Bonchev–Trinajstić information content (AvgIpc) is 2.93. The van der Waals surface area contributed by atoms with Gasteiger partial charge < -0.3 is 9.64 Å². The molecular formula is C16H21N3O4S. The summed E-state index contributed by atoms with van der Waals surface area (Å²) in [5.41, 5.74) is -0.325. The highest BCUT2D eigenvalue weighted by Gasteiger charge is 2.33. The van der Waals surface area contributed by atoms with Gasteiger partial charge in [-0.15, -0.1) is 0 Å². The van der Waals surface area contributed by atoms with Crippen LogP contribution < -0.4 is 0 Å². The Labute approximate surface area is 142 Å². The number of rotatable bonds is 3. The summed E-state index contributed by atoms with van der Waals surface area (Å²) in [6, 6.07) is 4.63. The molecule has 1 fully saturated rings. The summed E-state index contributed by atoms with van der Waals surface area (Å²) in [4.78, 5) is 17.4. The molecule has 0 aromatic carbocycles. The zero-order valence-corrected chi connectivity index (χ0v) is 14.8. The van der Waals surface area contributed by atoms with Crippen LogP contribution in [0.15, 0.2) is 23.4 Å². The largest absolute Gasteiger partial charge is 0.444 e. The van der Waals surface area contributed by atoms with Crippen molar-refractivity contribution >= 4 is 15.9 Å². The fourth-order valence-electron chi connectivity index (χ4n) is 2.51. The fraction of sp³-hybridized carbons (Fsp3) is 0.562. The molecule has 1 aliphatic rings. The highest BCUT2D eigenvalue weighted by Crippen LogP contribution is 2.23. The molecule has 130 valence electrons. The molecule has 1 aliphatic heterocycles. The smallest absolute Gasteiger partial charge is 0.410 e. The number of nitrogens with zero attached hydrogens (tertiary/aromatic N) is 3. The van der Waals surface area contributed by atoms with Crippen LogP contribution in [0.1, 0.15) is 32.8 Å². The summed E-state index contributed by atoms with van der Waals surface area (Å²) in [6.45, 7) is 6.18. The first-order valence-corrected chi connectivity index (χ1v) is 9.33. The Morgan fingerprint density at radius 2 is 2.21 bits per heavy atom. The van der Waals surface area contributed by atoms with Crippen molar-refractivity contribution < 1.29 is 17.9 Å². The maximum atomic E-state index is 12.5. The van der Waals surface area contributed by atoms with Crippen LogP contribution in [0.2, 0.25) is 0 Å². The third-order valence-electron chi connectivity index (χ3n) is 3.58. The molecule has 1 aromatic rings. The molecular weight excluding hydrogens is 330 g/mol. The topological polar surface area (TPSA) is 100 Å². The van der Waals surface area contributed by atoms with Gasteiger partial charge in [0.05, 0.1) is 17.4 Å². The number of likely N-dealkylation sites (tertiary alicyclic amines) is 1. The Kier molecular flexibility index (Phi) is 5.13. The molecule has 0 aliphatic carbocycles. The monoisotopic (exact) mass is 351 g/mol. The SMILES string of the molecule is CC(C)(C)OC(=O)N1CC[C@@H](CS(=O)(=O)c2cc(C#N)ccn2)C1. The van der Waals surface area contributed by atoms with E-state index in [1.807, 2.05) is 6.07 Å². The minimum absolute atomic E-state index is 0.0998. The zero-order valence-electron chi connectivity index (χ0n) is 14.0. The van der Waals surface area contributed by atoms with Crippen LogP contribution in [0.25, 0.3) is 0 Å². The standard InChI is InChI=1S/C16H21N3O4S/c1-16(2,3)23-15(20)19-7-5-13(10-19)11-24(21,22)14-8-12(9-17)4-6-18-14/h4,6,8,13H,5,7,10-11H2,1-3H3/t13-/m1/s1. The first-order valence-electron chi connectivity index (χ1n) is 7.67. The molecule has 1 aromatic heterocycles. The number of carbonyl (C=O) groups excluding carboxylic acids is 1. The summed E-state index contributed by atoms with van der Waals surface area (Å²) in [7, 11) is -3.60. The lowest BCUT2D eigenvalue weighted by molar-refractivity contribution is 0.0289. The normalized spacial score (nSPS) is 18.2. The third-order valence-corrected chi connectivity index (χ3v) is 5.35. The van der Waals surface area contributed by atoms with Crippen molar-refractivity contribution in [1.29, 1.82) is 5.26 Å². The molecule has 1 saturated heterocycles. The van der Waals surface area contributed by atoms with E-state index in [0.29, 0.717) is 19.5 Å². The minimum atomic E-state index is -3.60. The van der Waals surface area contributed by atoms with Gasteiger partial charge in [-0.3, -0.25) is 0 Å². The molecule has 7 nitrogen and oxygen atoms in total. The molecule has 1 atom stereocenters. The van der Waals surface area contributed by atoms with E-state index in [1.54, 1.807) is 20.8 Å². The van der Waals surface area contributed by atoms with Gasteiger partial charge in [0, 0.05) is 19.3 Å². The van der Waals surface area contributed by atoms with E-state index in [2.05, 4.69) is 4.98 Å². The summed E-state index contributed by atoms with van der Waals surface area (Å²) in [6.07, 6.45) is 1.48. The van der Waals surface area contributed by atoms with Gasteiger partial charge in [0.2, 0.25) is 0 Å². The average molecular weight is 351 g/mol. The van der Waals surface area contributed by atoms with E-state index in [9.17, 15) is 13.2 Å². The lowest BCUT2D eigenvalue weighted by Gasteiger charge is -2.24. The Hall–Kier alpha value is -2.14. The number of amides is 1. The number of aromatic nitrogens is 1. The molecule has 0 bridgehead atoms. The minimum Gasteiger partial charge on any atom is -0.444 e. The molecule has 1 amide bonds. The summed E-state index contributed by atoms with van der Waals surface area (Å²) >= 11 is 0. The van der Waals surface area contributed by atoms with Gasteiger partial charge in [-0.2, -0.15) is 5.26 Å². The predicted molar refractivity (Wildman–Crippen MR) is 86.9 cm³/mol. The number of carbonyl (C=O) groups is 1.